The van der Waals surface area contributed by atoms with Gasteiger partial charge in [0.1, 0.15) is 0 Å². The lowest BCUT2D eigenvalue weighted by molar-refractivity contribution is 0.0887. The minimum atomic E-state index is -0.0600. The highest BCUT2D eigenvalue weighted by molar-refractivity contribution is 5.97. The molecule has 0 radical (unpaired) electrons. The van der Waals surface area contributed by atoms with Crippen LogP contribution in [0.15, 0.2) is 48.5 Å². The van der Waals surface area contributed by atoms with Crippen LogP contribution in [0.3, 0.4) is 0 Å². The number of aryl methyl sites for hydroxylation is 1. The molecule has 0 atom stereocenters. The first-order valence-electron chi connectivity index (χ1n) is 9.14. The Morgan fingerprint density at radius 3 is 2.73 bits per heavy atom. The second kappa shape index (κ2) is 6.79. The fourth-order valence-corrected chi connectivity index (χ4v) is 3.86. The summed E-state index contributed by atoms with van der Waals surface area (Å²) < 4.78 is 1.90. The van der Waals surface area contributed by atoms with E-state index in [1.54, 1.807) is 0 Å². The average molecular weight is 346 g/mol. The van der Waals surface area contributed by atoms with Crippen LogP contribution in [-0.2, 0) is 12.8 Å². The summed E-state index contributed by atoms with van der Waals surface area (Å²) in [5, 5.41) is 4.14. The van der Waals surface area contributed by atoms with Gasteiger partial charge in [-0.05, 0) is 56.0 Å². The molecular weight excluding hydrogens is 324 g/mol. The molecule has 1 amide bonds. The van der Waals surface area contributed by atoms with Gasteiger partial charge in [0.15, 0.2) is 0 Å². The highest BCUT2D eigenvalue weighted by Crippen LogP contribution is 2.31. The van der Waals surface area contributed by atoms with E-state index < -0.39 is 0 Å². The predicted molar refractivity (Wildman–Crippen MR) is 103 cm³/mol. The summed E-state index contributed by atoms with van der Waals surface area (Å²) in [4.78, 5) is 24.7. The molecule has 0 saturated heterocycles. The lowest BCUT2D eigenvalue weighted by Crippen LogP contribution is -2.26. The van der Waals surface area contributed by atoms with Crippen molar-refractivity contribution in [2.24, 2.45) is 0 Å². The van der Waals surface area contributed by atoms with Crippen molar-refractivity contribution in [2.75, 3.05) is 6.54 Å². The summed E-state index contributed by atoms with van der Waals surface area (Å²) in [6.45, 7) is 2.63. The van der Waals surface area contributed by atoms with E-state index in [4.69, 9.17) is 0 Å². The standard InChI is InChI=1S/C22H22N2O2/c1-15-10-11-20-18(14-15)17(19-8-5-9-21(25)24(19)20)12-13-23-22(26)16-6-3-2-4-7-16/h2-4,6-7,10-11,14H,5,8-9,12-13H2,1H3,(H,23,26). The molecule has 1 aromatic heterocycles. The molecule has 0 aliphatic carbocycles. The van der Waals surface area contributed by atoms with Crippen LogP contribution in [0, 0.1) is 6.92 Å². The number of amides is 1. The van der Waals surface area contributed by atoms with Crippen molar-refractivity contribution in [1.82, 2.24) is 9.88 Å². The monoisotopic (exact) mass is 346 g/mol. The van der Waals surface area contributed by atoms with Crippen LogP contribution in [0.4, 0.5) is 0 Å². The number of rotatable bonds is 4. The summed E-state index contributed by atoms with van der Waals surface area (Å²) in [5.41, 5.74) is 5.17. The SMILES string of the molecule is Cc1ccc2c(c1)c(CCNC(=O)c1ccccc1)c1n2C(=O)CCC1. The molecule has 4 heteroatoms. The van der Waals surface area contributed by atoms with Crippen molar-refractivity contribution in [3.05, 3.63) is 70.9 Å². The third-order valence-electron chi connectivity index (χ3n) is 5.09. The van der Waals surface area contributed by atoms with E-state index in [1.165, 1.54) is 11.1 Å². The molecule has 26 heavy (non-hydrogen) atoms. The summed E-state index contributed by atoms with van der Waals surface area (Å²) >= 11 is 0. The average Bonchev–Trinajstić information content (AvgIpc) is 2.97. The number of fused-ring (bicyclic) bond motifs is 3. The van der Waals surface area contributed by atoms with E-state index in [0.717, 1.165) is 35.9 Å². The van der Waals surface area contributed by atoms with Gasteiger partial charge in [0.2, 0.25) is 5.91 Å². The van der Waals surface area contributed by atoms with Gasteiger partial charge in [-0.3, -0.25) is 14.2 Å². The first kappa shape index (κ1) is 16.6. The number of aromatic nitrogens is 1. The number of hydrogen-bond donors (Lipinski definition) is 1. The van der Waals surface area contributed by atoms with Crippen molar-refractivity contribution in [2.45, 2.75) is 32.6 Å². The molecule has 4 nitrogen and oxygen atoms in total. The molecule has 1 aliphatic rings. The minimum Gasteiger partial charge on any atom is -0.352 e. The normalized spacial score (nSPS) is 13.7. The van der Waals surface area contributed by atoms with Gasteiger partial charge < -0.3 is 5.32 Å². The largest absolute Gasteiger partial charge is 0.352 e. The highest BCUT2D eigenvalue weighted by Gasteiger charge is 2.24. The first-order chi connectivity index (χ1) is 12.6. The highest BCUT2D eigenvalue weighted by atomic mass is 16.2. The van der Waals surface area contributed by atoms with Crippen molar-refractivity contribution in [1.29, 1.82) is 0 Å². The zero-order valence-electron chi connectivity index (χ0n) is 14.9. The molecule has 0 spiro atoms. The molecule has 132 valence electrons. The Morgan fingerprint density at radius 1 is 1.12 bits per heavy atom. The van der Waals surface area contributed by atoms with E-state index in [1.807, 2.05) is 41.0 Å². The molecule has 2 aromatic carbocycles. The summed E-state index contributed by atoms with van der Waals surface area (Å²) in [5.74, 6) is 0.120. The van der Waals surface area contributed by atoms with Gasteiger partial charge >= 0.3 is 0 Å². The van der Waals surface area contributed by atoms with Crippen LogP contribution < -0.4 is 5.32 Å². The van der Waals surface area contributed by atoms with E-state index in [2.05, 4.69) is 24.4 Å². The second-order valence-electron chi connectivity index (χ2n) is 6.90. The zero-order chi connectivity index (χ0) is 18.1. The van der Waals surface area contributed by atoms with E-state index in [9.17, 15) is 9.59 Å². The molecule has 3 aromatic rings. The Labute approximate surface area is 152 Å². The minimum absolute atomic E-state index is 0.0600. The van der Waals surface area contributed by atoms with Gasteiger partial charge in [-0.25, -0.2) is 0 Å². The van der Waals surface area contributed by atoms with Gasteiger partial charge in [0.25, 0.3) is 5.91 Å². The van der Waals surface area contributed by atoms with Crippen LogP contribution in [0.2, 0.25) is 0 Å². The van der Waals surface area contributed by atoms with Crippen LogP contribution in [-0.4, -0.2) is 22.9 Å². The van der Waals surface area contributed by atoms with Crippen LogP contribution in [0.1, 0.15) is 44.8 Å². The van der Waals surface area contributed by atoms with Crippen molar-refractivity contribution >= 4 is 22.7 Å². The number of hydrogen-bond acceptors (Lipinski definition) is 2. The lowest BCUT2D eigenvalue weighted by atomic mass is 10.0. The first-order valence-corrected chi connectivity index (χ1v) is 9.14. The molecule has 1 N–H and O–H groups in total. The summed E-state index contributed by atoms with van der Waals surface area (Å²) in [6.07, 6.45) is 3.15. The van der Waals surface area contributed by atoms with Crippen molar-refractivity contribution < 1.29 is 9.59 Å². The van der Waals surface area contributed by atoms with Crippen molar-refractivity contribution in [3.8, 4) is 0 Å². The van der Waals surface area contributed by atoms with Gasteiger partial charge in [-0.2, -0.15) is 0 Å². The Morgan fingerprint density at radius 2 is 1.92 bits per heavy atom. The van der Waals surface area contributed by atoms with Gasteiger partial charge in [-0.1, -0.05) is 29.8 Å². The lowest BCUT2D eigenvalue weighted by Gasteiger charge is -2.16. The number of nitrogens with zero attached hydrogens (tertiary/aromatic N) is 1. The summed E-state index contributed by atoms with van der Waals surface area (Å²) in [6, 6.07) is 15.5. The van der Waals surface area contributed by atoms with Gasteiger partial charge in [0.05, 0.1) is 5.52 Å². The number of nitrogens with one attached hydrogen (secondary N) is 1. The Balaban J connectivity index is 1.61. The van der Waals surface area contributed by atoms with Gasteiger partial charge in [0, 0.05) is 29.6 Å². The maximum atomic E-state index is 12.5. The van der Waals surface area contributed by atoms with Crippen molar-refractivity contribution in [3.63, 3.8) is 0 Å². The molecule has 0 fully saturated rings. The van der Waals surface area contributed by atoms with Crippen LogP contribution >= 0.6 is 0 Å². The Bertz CT molecular complexity index is 986. The van der Waals surface area contributed by atoms with E-state index in [-0.39, 0.29) is 11.8 Å². The number of carbonyl (C=O) groups is 2. The molecule has 2 heterocycles. The zero-order valence-corrected chi connectivity index (χ0v) is 14.9. The molecule has 1 aliphatic heterocycles. The number of benzene rings is 2. The topological polar surface area (TPSA) is 51.1 Å². The van der Waals surface area contributed by atoms with Gasteiger partial charge in [-0.15, -0.1) is 0 Å². The molecule has 0 saturated carbocycles. The van der Waals surface area contributed by atoms with Crippen LogP contribution in [0.5, 0.6) is 0 Å². The van der Waals surface area contributed by atoms with E-state index >= 15 is 0 Å². The fourth-order valence-electron chi connectivity index (χ4n) is 3.86. The maximum absolute atomic E-state index is 12.5. The fraction of sp³-hybridized carbons (Fsp3) is 0.273. The predicted octanol–water partition coefficient (Wildman–Crippen LogP) is 3.90. The Kier molecular flexibility index (Phi) is 4.33. The molecular formula is C22H22N2O2. The third-order valence-corrected chi connectivity index (χ3v) is 5.09. The third kappa shape index (κ3) is 2.92. The quantitative estimate of drug-likeness (QED) is 0.779. The maximum Gasteiger partial charge on any atom is 0.251 e. The molecule has 0 bridgehead atoms. The second-order valence-corrected chi connectivity index (χ2v) is 6.90. The Hall–Kier alpha value is -2.88. The number of carbonyl (C=O) groups excluding carboxylic acids is 2. The smallest absolute Gasteiger partial charge is 0.251 e. The van der Waals surface area contributed by atoms with E-state index in [0.29, 0.717) is 18.5 Å². The summed E-state index contributed by atoms with van der Waals surface area (Å²) in [7, 11) is 0. The molecule has 4 rings (SSSR count). The molecule has 0 unspecified atom stereocenters. The van der Waals surface area contributed by atoms with Crippen LogP contribution in [0.25, 0.3) is 10.9 Å².